The van der Waals surface area contributed by atoms with Gasteiger partial charge in [-0.2, -0.15) is 0 Å². The fourth-order valence-electron chi connectivity index (χ4n) is 3.71. The molecule has 0 bridgehead atoms. The number of ether oxygens (including phenoxy) is 1. The van der Waals surface area contributed by atoms with E-state index in [9.17, 15) is 0 Å². The molecule has 3 nitrogen and oxygen atoms in total. The summed E-state index contributed by atoms with van der Waals surface area (Å²) in [5, 5.41) is 3.76. The van der Waals surface area contributed by atoms with E-state index in [0.29, 0.717) is 6.04 Å². The number of rotatable bonds is 7. The molecule has 1 saturated carbocycles. The van der Waals surface area contributed by atoms with Crippen LogP contribution in [0.15, 0.2) is 0 Å². The summed E-state index contributed by atoms with van der Waals surface area (Å²) < 4.78 is 5.26. The SMILES string of the molecule is CCC(C)N(CCOC)CC1NCC2CCCC21. The quantitative estimate of drug-likeness (QED) is 0.753. The van der Waals surface area contributed by atoms with Crippen LogP contribution in [-0.4, -0.2) is 50.3 Å². The van der Waals surface area contributed by atoms with Crippen LogP contribution < -0.4 is 5.32 Å². The van der Waals surface area contributed by atoms with Crippen LogP contribution in [0.3, 0.4) is 0 Å². The van der Waals surface area contributed by atoms with Crippen LogP contribution in [0.25, 0.3) is 0 Å². The first-order valence-electron chi connectivity index (χ1n) is 7.72. The lowest BCUT2D eigenvalue weighted by molar-refractivity contribution is 0.110. The van der Waals surface area contributed by atoms with Gasteiger partial charge in [0, 0.05) is 32.3 Å². The third-order valence-corrected chi connectivity index (χ3v) is 5.10. The molecule has 0 aromatic rings. The van der Waals surface area contributed by atoms with Gasteiger partial charge in [-0.25, -0.2) is 0 Å². The maximum atomic E-state index is 5.26. The Labute approximate surface area is 112 Å². The Hall–Kier alpha value is -0.120. The predicted molar refractivity (Wildman–Crippen MR) is 75.8 cm³/mol. The van der Waals surface area contributed by atoms with Gasteiger partial charge in [-0.3, -0.25) is 4.90 Å². The van der Waals surface area contributed by atoms with Crippen LogP contribution in [-0.2, 0) is 4.74 Å². The Morgan fingerprint density at radius 1 is 1.39 bits per heavy atom. The Morgan fingerprint density at radius 3 is 2.94 bits per heavy atom. The minimum atomic E-state index is 0.669. The molecule has 2 rings (SSSR count). The zero-order chi connectivity index (χ0) is 13.0. The molecule has 0 amide bonds. The second kappa shape index (κ2) is 6.88. The Balaban J connectivity index is 1.87. The van der Waals surface area contributed by atoms with Crippen molar-refractivity contribution in [3.63, 3.8) is 0 Å². The first kappa shape index (κ1) is 14.3. The highest BCUT2D eigenvalue weighted by Crippen LogP contribution is 2.38. The van der Waals surface area contributed by atoms with Gasteiger partial charge in [-0.1, -0.05) is 13.3 Å². The van der Waals surface area contributed by atoms with Gasteiger partial charge in [-0.15, -0.1) is 0 Å². The van der Waals surface area contributed by atoms with Gasteiger partial charge >= 0.3 is 0 Å². The second-order valence-electron chi connectivity index (χ2n) is 6.11. The van der Waals surface area contributed by atoms with E-state index in [1.165, 1.54) is 38.8 Å². The van der Waals surface area contributed by atoms with E-state index < -0.39 is 0 Å². The minimum Gasteiger partial charge on any atom is -0.383 e. The van der Waals surface area contributed by atoms with E-state index in [1.54, 1.807) is 7.11 Å². The standard InChI is InChI=1S/C15H30N2O/c1-4-12(2)17(8-9-18-3)11-15-14-7-5-6-13(14)10-16-15/h12-16H,4-11H2,1-3H3. The largest absolute Gasteiger partial charge is 0.383 e. The monoisotopic (exact) mass is 254 g/mol. The second-order valence-corrected chi connectivity index (χ2v) is 6.11. The van der Waals surface area contributed by atoms with Crippen LogP contribution >= 0.6 is 0 Å². The molecule has 0 aromatic carbocycles. The van der Waals surface area contributed by atoms with Crippen molar-refractivity contribution >= 4 is 0 Å². The topological polar surface area (TPSA) is 24.5 Å². The van der Waals surface area contributed by atoms with Crippen molar-refractivity contribution < 1.29 is 4.74 Å². The molecule has 106 valence electrons. The smallest absolute Gasteiger partial charge is 0.0589 e. The van der Waals surface area contributed by atoms with Crippen LogP contribution in [0.2, 0.25) is 0 Å². The Bertz CT molecular complexity index is 247. The highest BCUT2D eigenvalue weighted by atomic mass is 16.5. The Kier molecular flexibility index (Phi) is 5.46. The fourth-order valence-corrected chi connectivity index (χ4v) is 3.71. The molecule has 4 atom stereocenters. The van der Waals surface area contributed by atoms with Gasteiger partial charge in [0.2, 0.25) is 0 Å². The van der Waals surface area contributed by atoms with Gasteiger partial charge in [0.1, 0.15) is 0 Å². The molecule has 2 fully saturated rings. The molecule has 1 N–H and O–H groups in total. The van der Waals surface area contributed by atoms with Gasteiger partial charge in [0.25, 0.3) is 0 Å². The van der Waals surface area contributed by atoms with Crippen LogP contribution in [0.4, 0.5) is 0 Å². The highest BCUT2D eigenvalue weighted by Gasteiger charge is 2.39. The predicted octanol–water partition coefficient (Wildman–Crippen LogP) is 2.12. The fraction of sp³-hybridized carbons (Fsp3) is 1.00. The first-order valence-corrected chi connectivity index (χ1v) is 7.72. The number of fused-ring (bicyclic) bond motifs is 1. The molecule has 0 radical (unpaired) electrons. The first-order chi connectivity index (χ1) is 8.76. The average molecular weight is 254 g/mol. The molecule has 4 unspecified atom stereocenters. The molecular weight excluding hydrogens is 224 g/mol. The van der Waals surface area contributed by atoms with Crippen molar-refractivity contribution in [1.29, 1.82) is 0 Å². The zero-order valence-corrected chi connectivity index (χ0v) is 12.3. The molecule has 1 heterocycles. The summed E-state index contributed by atoms with van der Waals surface area (Å²) in [7, 11) is 1.80. The Morgan fingerprint density at radius 2 is 2.22 bits per heavy atom. The van der Waals surface area contributed by atoms with Gasteiger partial charge in [0.05, 0.1) is 6.61 Å². The maximum Gasteiger partial charge on any atom is 0.0589 e. The van der Waals surface area contributed by atoms with Gasteiger partial charge < -0.3 is 10.1 Å². The van der Waals surface area contributed by atoms with E-state index in [2.05, 4.69) is 24.1 Å². The number of methoxy groups -OCH3 is 1. The zero-order valence-electron chi connectivity index (χ0n) is 12.3. The number of hydrogen-bond acceptors (Lipinski definition) is 3. The number of nitrogens with one attached hydrogen (secondary N) is 1. The number of nitrogens with zero attached hydrogens (tertiary/aromatic N) is 1. The van der Waals surface area contributed by atoms with Crippen molar-refractivity contribution in [3.8, 4) is 0 Å². The van der Waals surface area contributed by atoms with Gasteiger partial charge in [0.15, 0.2) is 0 Å². The molecule has 2 aliphatic rings. The molecule has 1 saturated heterocycles. The third-order valence-electron chi connectivity index (χ3n) is 5.10. The van der Waals surface area contributed by atoms with E-state index in [4.69, 9.17) is 4.74 Å². The summed E-state index contributed by atoms with van der Waals surface area (Å²) in [5.74, 6) is 1.91. The van der Waals surface area contributed by atoms with E-state index in [0.717, 1.165) is 31.0 Å². The summed E-state index contributed by atoms with van der Waals surface area (Å²) in [5.41, 5.74) is 0. The average Bonchev–Trinajstić information content (AvgIpc) is 2.97. The summed E-state index contributed by atoms with van der Waals surface area (Å²) in [6.45, 7) is 9.02. The summed E-state index contributed by atoms with van der Waals surface area (Å²) in [4.78, 5) is 2.61. The maximum absolute atomic E-state index is 5.26. The van der Waals surface area contributed by atoms with E-state index >= 15 is 0 Å². The van der Waals surface area contributed by atoms with E-state index in [1.807, 2.05) is 0 Å². The van der Waals surface area contributed by atoms with Crippen molar-refractivity contribution in [3.05, 3.63) is 0 Å². The molecule has 18 heavy (non-hydrogen) atoms. The lowest BCUT2D eigenvalue weighted by Crippen LogP contribution is -2.45. The van der Waals surface area contributed by atoms with Crippen LogP contribution in [0, 0.1) is 11.8 Å². The van der Waals surface area contributed by atoms with Crippen molar-refractivity contribution in [2.75, 3.05) is 33.4 Å². The van der Waals surface area contributed by atoms with Gasteiger partial charge in [-0.05, 0) is 44.6 Å². The summed E-state index contributed by atoms with van der Waals surface area (Å²) >= 11 is 0. The minimum absolute atomic E-state index is 0.669. The van der Waals surface area contributed by atoms with E-state index in [-0.39, 0.29) is 0 Å². The normalized spacial score (nSPS) is 33.0. The van der Waals surface area contributed by atoms with Crippen LogP contribution in [0.1, 0.15) is 39.5 Å². The highest BCUT2D eigenvalue weighted by molar-refractivity contribution is 4.95. The molecule has 1 aliphatic carbocycles. The van der Waals surface area contributed by atoms with Crippen LogP contribution in [0.5, 0.6) is 0 Å². The van der Waals surface area contributed by atoms with Crippen molar-refractivity contribution in [1.82, 2.24) is 10.2 Å². The molecule has 1 aliphatic heterocycles. The third kappa shape index (κ3) is 3.25. The molecule has 0 spiro atoms. The molecular formula is C15H30N2O. The van der Waals surface area contributed by atoms with Crippen molar-refractivity contribution in [2.45, 2.75) is 51.6 Å². The van der Waals surface area contributed by atoms with Crippen molar-refractivity contribution in [2.24, 2.45) is 11.8 Å². The lowest BCUT2D eigenvalue weighted by Gasteiger charge is -2.32. The summed E-state index contributed by atoms with van der Waals surface area (Å²) in [6, 6.07) is 1.39. The molecule has 3 heteroatoms. The molecule has 0 aromatic heterocycles. The summed E-state index contributed by atoms with van der Waals surface area (Å²) in [6.07, 6.45) is 5.58. The number of hydrogen-bond donors (Lipinski definition) is 1. The lowest BCUT2D eigenvalue weighted by atomic mass is 9.93.